The molecule has 2 aromatic carbocycles. The highest BCUT2D eigenvalue weighted by Crippen LogP contribution is 2.49. The highest BCUT2D eigenvalue weighted by Gasteiger charge is 2.58. The summed E-state index contributed by atoms with van der Waals surface area (Å²) in [7, 11) is 0. The molecule has 24 heavy (non-hydrogen) atoms. The van der Waals surface area contributed by atoms with Gasteiger partial charge in [-0.05, 0) is 0 Å². The summed E-state index contributed by atoms with van der Waals surface area (Å²) in [5.74, 6) is -9.42. The van der Waals surface area contributed by atoms with Crippen LogP contribution in [0.3, 0.4) is 0 Å². The predicted octanol–water partition coefficient (Wildman–Crippen LogP) is 6.45. The first-order valence-electron chi connectivity index (χ1n) is 6.60. The lowest BCUT2D eigenvalue weighted by atomic mass is 9.95. The molecule has 0 spiro atoms. The molecule has 0 saturated heterocycles. The van der Waals surface area contributed by atoms with Gasteiger partial charge in [0.25, 0.3) is 12.9 Å². The molecule has 0 saturated carbocycles. The molecular formula is C16H10F8. The van der Waals surface area contributed by atoms with E-state index in [4.69, 9.17) is 0 Å². The van der Waals surface area contributed by atoms with Crippen LogP contribution in [0.15, 0.2) is 48.5 Å². The van der Waals surface area contributed by atoms with Crippen LogP contribution in [-0.4, -0.2) is 0 Å². The van der Waals surface area contributed by atoms with Gasteiger partial charge >= 0.3 is 11.8 Å². The first-order chi connectivity index (χ1) is 11.1. The molecule has 0 N–H and O–H groups in total. The number of hydrogen-bond donors (Lipinski definition) is 0. The van der Waals surface area contributed by atoms with Gasteiger partial charge in [-0.15, -0.1) is 0 Å². The third-order valence-corrected chi connectivity index (χ3v) is 3.44. The van der Waals surface area contributed by atoms with Gasteiger partial charge in [0.15, 0.2) is 0 Å². The van der Waals surface area contributed by atoms with Crippen molar-refractivity contribution in [3.05, 3.63) is 70.8 Å². The molecule has 130 valence electrons. The molecule has 0 heterocycles. The molecule has 8 heteroatoms. The summed E-state index contributed by atoms with van der Waals surface area (Å²) in [5.41, 5.74) is -3.48. The molecule has 0 radical (unpaired) electrons. The second kappa shape index (κ2) is 6.41. The van der Waals surface area contributed by atoms with Crippen LogP contribution in [0.2, 0.25) is 0 Å². The SMILES string of the molecule is FC(F)c1ccc(C(F)(F)C(F)(F)c2ccc(C(F)F)cc2)cc1. The van der Waals surface area contributed by atoms with Crippen molar-refractivity contribution in [2.75, 3.05) is 0 Å². The highest BCUT2D eigenvalue weighted by atomic mass is 19.3. The highest BCUT2D eigenvalue weighted by molar-refractivity contribution is 5.33. The number of hydrogen-bond acceptors (Lipinski definition) is 0. The molecule has 0 bridgehead atoms. The molecule has 0 atom stereocenters. The van der Waals surface area contributed by atoms with Gasteiger partial charge in [0.2, 0.25) is 0 Å². The fourth-order valence-corrected chi connectivity index (χ4v) is 2.04. The van der Waals surface area contributed by atoms with Crippen LogP contribution in [0.25, 0.3) is 0 Å². The van der Waals surface area contributed by atoms with Crippen LogP contribution < -0.4 is 0 Å². The average Bonchev–Trinajstić information content (AvgIpc) is 2.54. The minimum atomic E-state index is -4.71. The van der Waals surface area contributed by atoms with Gasteiger partial charge in [0, 0.05) is 22.3 Å². The third kappa shape index (κ3) is 3.22. The zero-order valence-electron chi connectivity index (χ0n) is 11.8. The van der Waals surface area contributed by atoms with Crippen molar-refractivity contribution in [2.24, 2.45) is 0 Å². The molecule has 0 fully saturated rings. The van der Waals surface area contributed by atoms with E-state index in [1.54, 1.807) is 0 Å². The van der Waals surface area contributed by atoms with Crippen LogP contribution in [-0.2, 0) is 11.8 Å². The van der Waals surface area contributed by atoms with E-state index in [1.165, 1.54) is 0 Å². The largest absolute Gasteiger partial charge is 0.339 e. The fourth-order valence-electron chi connectivity index (χ4n) is 2.04. The Kier molecular flexibility index (Phi) is 4.87. The molecule has 0 nitrogen and oxygen atoms in total. The Morgan fingerprint density at radius 3 is 0.958 bits per heavy atom. The normalized spacial score (nSPS) is 12.9. The minimum Gasteiger partial charge on any atom is -0.205 e. The molecule has 2 rings (SSSR count). The van der Waals surface area contributed by atoms with E-state index in [1.807, 2.05) is 0 Å². The molecule has 0 aliphatic heterocycles. The molecule has 2 aromatic rings. The lowest BCUT2D eigenvalue weighted by molar-refractivity contribution is -0.223. The predicted molar refractivity (Wildman–Crippen MR) is 70.6 cm³/mol. The fraction of sp³-hybridized carbons (Fsp3) is 0.250. The number of benzene rings is 2. The first kappa shape index (κ1) is 18.2. The standard InChI is InChI=1S/C16H10F8/c17-13(18)9-1-5-11(6-2-9)15(21,22)16(23,24)12-7-3-10(4-8-12)14(19)20/h1-8,13-14H. The molecule has 0 aromatic heterocycles. The van der Waals surface area contributed by atoms with Crippen LogP contribution in [0.5, 0.6) is 0 Å². The minimum absolute atomic E-state index is 0.489. The Balaban J connectivity index is 2.37. The summed E-state index contributed by atoms with van der Waals surface area (Å²) in [6, 6.07) is 4.47. The molecule has 0 aliphatic carbocycles. The van der Waals surface area contributed by atoms with Crippen molar-refractivity contribution >= 4 is 0 Å². The summed E-state index contributed by atoms with van der Waals surface area (Å²) in [5, 5.41) is 0. The smallest absolute Gasteiger partial charge is 0.205 e. The van der Waals surface area contributed by atoms with Gasteiger partial charge in [-0.2, -0.15) is 17.6 Å². The van der Waals surface area contributed by atoms with E-state index in [0.29, 0.717) is 48.5 Å². The summed E-state index contributed by atoms with van der Waals surface area (Å²) >= 11 is 0. The van der Waals surface area contributed by atoms with Gasteiger partial charge in [0.05, 0.1) is 0 Å². The van der Waals surface area contributed by atoms with Gasteiger partial charge in [-0.25, -0.2) is 17.6 Å². The zero-order valence-corrected chi connectivity index (χ0v) is 11.8. The maximum atomic E-state index is 14.1. The van der Waals surface area contributed by atoms with Gasteiger partial charge in [0.1, 0.15) is 0 Å². The monoisotopic (exact) mass is 354 g/mol. The maximum Gasteiger partial charge on any atom is 0.339 e. The lowest BCUT2D eigenvalue weighted by Gasteiger charge is -2.27. The number of halogens is 8. The van der Waals surface area contributed by atoms with Gasteiger partial charge in [-0.1, -0.05) is 48.5 Å². The first-order valence-corrected chi connectivity index (χ1v) is 6.60. The van der Waals surface area contributed by atoms with Crippen molar-refractivity contribution in [1.82, 2.24) is 0 Å². The summed E-state index contributed by atoms with van der Waals surface area (Å²) in [4.78, 5) is 0. The molecule has 0 aliphatic rings. The number of rotatable bonds is 5. The van der Waals surface area contributed by atoms with E-state index < -0.39 is 46.9 Å². The summed E-state index contributed by atoms with van der Waals surface area (Å²) in [6.07, 6.45) is -5.84. The Bertz CT molecular complexity index is 613. The Morgan fingerprint density at radius 1 is 0.500 bits per heavy atom. The quantitative estimate of drug-likeness (QED) is 0.542. The second-order valence-electron chi connectivity index (χ2n) is 4.99. The lowest BCUT2D eigenvalue weighted by Crippen LogP contribution is -2.35. The van der Waals surface area contributed by atoms with Crippen LogP contribution in [0.1, 0.15) is 35.1 Å². The Hall–Kier alpha value is -2.12. The van der Waals surface area contributed by atoms with Gasteiger partial charge in [-0.3, -0.25) is 0 Å². The van der Waals surface area contributed by atoms with Crippen molar-refractivity contribution in [2.45, 2.75) is 24.7 Å². The average molecular weight is 354 g/mol. The maximum absolute atomic E-state index is 14.1. The van der Waals surface area contributed by atoms with E-state index in [-0.39, 0.29) is 0 Å². The Morgan fingerprint density at radius 2 is 0.750 bits per heavy atom. The van der Waals surface area contributed by atoms with E-state index in [0.717, 1.165) is 0 Å². The third-order valence-electron chi connectivity index (χ3n) is 3.44. The molecular weight excluding hydrogens is 344 g/mol. The topological polar surface area (TPSA) is 0 Å². The van der Waals surface area contributed by atoms with Crippen molar-refractivity contribution in [3.8, 4) is 0 Å². The summed E-state index contributed by atoms with van der Waals surface area (Å²) in [6.45, 7) is 0. The van der Waals surface area contributed by atoms with Gasteiger partial charge < -0.3 is 0 Å². The van der Waals surface area contributed by atoms with E-state index >= 15 is 0 Å². The Labute approximate surface area is 131 Å². The van der Waals surface area contributed by atoms with E-state index in [9.17, 15) is 35.1 Å². The van der Waals surface area contributed by atoms with Crippen LogP contribution >= 0.6 is 0 Å². The molecule has 0 amide bonds. The second-order valence-corrected chi connectivity index (χ2v) is 4.99. The zero-order chi connectivity index (χ0) is 18.1. The van der Waals surface area contributed by atoms with Crippen molar-refractivity contribution in [3.63, 3.8) is 0 Å². The van der Waals surface area contributed by atoms with Crippen LogP contribution in [0, 0.1) is 0 Å². The van der Waals surface area contributed by atoms with Crippen molar-refractivity contribution in [1.29, 1.82) is 0 Å². The van der Waals surface area contributed by atoms with Crippen LogP contribution in [0.4, 0.5) is 35.1 Å². The molecule has 0 unspecified atom stereocenters. The number of alkyl halides is 8. The summed E-state index contributed by atoms with van der Waals surface area (Å²) < 4.78 is 106. The van der Waals surface area contributed by atoms with E-state index in [2.05, 4.69) is 0 Å². The van der Waals surface area contributed by atoms with Crippen molar-refractivity contribution < 1.29 is 35.1 Å².